The maximum Gasteiger partial charge on any atom is 0.337 e. The van der Waals surface area contributed by atoms with Crippen molar-refractivity contribution >= 4 is 27.6 Å². The molecule has 2 atom stereocenters. The molecule has 0 unspecified atom stereocenters. The monoisotopic (exact) mass is 347 g/mol. The molecule has 1 aliphatic heterocycles. The summed E-state index contributed by atoms with van der Waals surface area (Å²) in [6.45, 7) is 4.40. The SMILES string of the molecule is C[C@@H]1CN(S(=O)(=O)c2ccc(C(=O)O)c(Cl)c2)[C@H](C)CCO1. The van der Waals surface area contributed by atoms with Gasteiger partial charge in [0.25, 0.3) is 0 Å². The number of carbonyl (C=O) groups is 1. The Morgan fingerprint density at radius 2 is 2.09 bits per heavy atom. The predicted octanol–water partition coefficient (Wildman–Crippen LogP) is 2.23. The van der Waals surface area contributed by atoms with Crippen LogP contribution in [0.15, 0.2) is 23.1 Å². The summed E-state index contributed by atoms with van der Waals surface area (Å²) in [5.41, 5.74) is -0.124. The van der Waals surface area contributed by atoms with E-state index < -0.39 is 16.0 Å². The number of rotatable bonds is 3. The molecule has 2 rings (SSSR count). The van der Waals surface area contributed by atoms with E-state index >= 15 is 0 Å². The number of hydrogen-bond donors (Lipinski definition) is 1. The van der Waals surface area contributed by atoms with Crippen LogP contribution in [0, 0.1) is 0 Å². The number of carboxylic acids is 1. The maximum absolute atomic E-state index is 12.8. The first-order chi connectivity index (χ1) is 10.2. The van der Waals surface area contributed by atoms with Gasteiger partial charge in [-0.25, -0.2) is 13.2 Å². The van der Waals surface area contributed by atoms with E-state index in [1.165, 1.54) is 22.5 Å². The van der Waals surface area contributed by atoms with Gasteiger partial charge in [-0.15, -0.1) is 0 Å². The lowest BCUT2D eigenvalue weighted by atomic mass is 10.2. The number of ether oxygens (including phenoxy) is 1. The zero-order valence-corrected chi connectivity index (χ0v) is 13.9. The Bertz CT molecular complexity index is 676. The summed E-state index contributed by atoms with van der Waals surface area (Å²) in [5.74, 6) is -1.20. The highest BCUT2D eigenvalue weighted by Crippen LogP contribution is 2.26. The van der Waals surface area contributed by atoms with E-state index in [4.69, 9.17) is 21.4 Å². The minimum absolute atomic E-state index is 0.0107. The summed E-state index contributed by atoms with van der Waals surface area (Å²) in [6, 6.07) is 3.46. The third-order valence-electron chi connectivity index (χ3n) is 3.64. The van der Waals surface area contributed by atoms with Crippen LogP contribution < -0.4 is 0 Å². The average molecular weight is 348 g/mol. The first-order valence-electron chi connectivity index (χ1n) is 6.89. The lowest BCUT2D eigenvalue weighted by Crippen LogP contribution is -2.41. The molecule has 0 aromatic heterocycles. The van der Waals surface area contributed by atoms with Crippen molar-refractivity contribution in [1.29, 1.82) is 0 Å². The van der Waals surface area contributed by atoms with Gasteiger partial charge in [-0.3, -0.25) is 0 Å². The van der Waals surface area contributed by atoms with Gasteiger partial charge in [-0.2, -0.15) is 4.31 Å². The first-order valence-corrected chi connectivity index (χ1v) is 8.71. The molecule has 1 aromatic carbocycles. The number of nitrogens with zero attached hydrogens (tertiary/aromatic N) is 1. The minimum Gasteiger partial charge on any atom is -0.478 e. The summed E-state index contributed by atoms with van der Waals surface area (Å²) >= 11 is 5.88. The molecule has 0 bridgehead atoms. The second kappa shape index (κ2) is 6.54. The van der Waals surface area contributed by atoms with Crippen LogP contribution >= 0.6 is 11.6 Å². The molecule has 0 radical (unpaired) electrons. The summed E-state index contributed by atoms with van der Waals surface area (Å²) in [4.78, 5) is 11.0. The zero-order chi connectivity index (χ0) is 16.5. The van der Waals surface area contributed by atoms with E-state index in [0.717, 1.165) is 0 Å². The molecule has 8 heteroatoms. The van der Waals surface area contributed by atoms with Gasteiger partial charge in [0, 0.05) is 19.2 Å². The fourth-order valence-corrected chi connectivity index (χ4v) is 4.46. The predicted molar refractivity (Wildman–Crippen MR) is 81.8 cm³/mol. The number of aromatic carboxylic acids is 1. The molecule has 1 aromatic rings. The Labute approximate surface area is 134 Å². The van der Waals surface area contributed by atoms with Gasteiger partial charge >= 0.3 is 5.97 Å². The molecular weight excluding hydrogens is 330 g/mol. The van der Waals surface area contributed by atoms with Gasteiger partial charge in [0.15, 0.2) is 0 Å². The highest BCUT2D eigenvalue weighted by Gasteiger charge is 2.33. The van der Waals surface area contributed by atoms with Crippen molar-refractivity contribution in [2.75, 3.05) is 13.2 Å². The van der Waals surface area contributed by atoms with Gasteiger partial charge in [-0.1, -0.05) is 11.6 Å². The van der Waals surface area contributed by atoms with Crippen molar-refractivity contribution in [3.05, 3.63) is 28.8 Å². The van der Waals surface area contributed by atoms with Crippen LogP contribution in [0.1, 0.15) is 30.6 Å². The van der Waals surface area contributed by atoms with Crippen LogP contribution in [0.4, 0.5) is 0 Å². The molecule has 22 heavy (non-hydrogen) atoms. The molecule has 0 saturated carbocycles. The van der Waals surface area contributed by atoms with E-state index in [1.807, 2.05) is 13.8 Å². The van der Waals surface area contributed by atoms with Gasteiger partial charge in [0.2, 0.25) is 10.0 Å². The summed E-state index contributed by atoms with van der Waals surface area (Å²) < 4.78 is 32.5. The molecule has 0 aliphatic carbocycles. The Morgan fingerprint density at radius 1 is 1.41 bits per heavy atom. The van der Waals surface area contributed by atoms with E-state index in [1.54, 1.807) is 0 Å². The summed E-state index contributed by atoms with van der Waals surface area (Å²) in [5, 5.41) is 8.86. The lowest BCUT2D eigenvalue weighted by molar-refractivity contribution is 0.0697. The molecule has 1 N–H and O–H groups in total. The van der Waals surface area contributed by atoms with Crippen molar-refractivity contribution in [1.82, 2.24) is 4.31 Å². The number of benzene rings is 1. The highest BCUT2D eigenvalue weighted by atomic mass is 35.5. The molecule has 122 valence electrons. The minimum atomic E-state index is -3.76. The fraction of sp³-hybridized carbons (Fsp3) is 0.500. The lowest BCUT2D eigenvalue weighted by Gasteiger charge is -2.27. The van der Waals surface area contributed by atoms with Crippen LogP contribution in [0.2, 0.25) is 5.02 Å². The third kappa shape index (κ3) is 3.43. The number of sulfonamides is 1. The van der Waals surface area contributed by atoms with Crippen LogP contribution in [-0.4, -0.2) is 49.1 Å². The molecule has 1 fully saturated rings. The summed E-state index contributed by atoms with van der Waals surface area (Å²) in [7, 11) is -3.76. The van der Waals surface area contributed by atoms with Gasteiger partial charge in [0.1, 0.15) is 0 Å². The van der Waals surface area contributed by atoms with Crippen molar-refractivity contribution in [2.24, 2.45) is 0 Å². The number of halogens is 1. The fourth-order valence-electron chi connectivity index (χ4n) is 2.37. The highest BCUT2D eigenvalue weighted by molar-refractivity contribution is 7.89. The van der Waals surface area contributed by atoms with Crippen LogP contribution in [-0.2, 0) is 14.8 Å². The van der Waals surface area contributed by atoms with E-state index in [-0.39, 0.29) is 34.2 Å². The van der Waals surface area contributed by atoms with Gasteiger partial charge < -0.3 is 9.84 Å². The van der Waals surface area contributed by atoms with Crippen molar-refractivity contribution < 1.29 is 23.1 Å². The average Bonchev–Trinajstić information content (AvgIpc) is 2.60. The van der Waals surface area contributed by atoms with Crippen LogP contribution in [0.25, 0.3) is 0 Å². The molecule has 0 spiro atoms. The molecule has 1 saturated heterocycles. The van der Waals surface area contributed by atoms with E-state index in [2.05, 4.69) is 0 Å². The van der Waals surface area contributed by atoms with Crippen molar-refractivity contribution in [3.8, 4) is 0 Å². The molecule has 1 heterocycles. The van der Waals surface area contributed by atoms with Gasteiger partial charge in [0.05, 0.1) is 21.6 Å². The Hall–Kier alpha value is -1.15. The zero-order valence-electron chi connectivity index (χ0n) is 12.3. The third-order valence-corrected chi connectivity index (χ3v) is 5.93. The quantitative estimate of drug-likeness (QED) is 0.906. The second-order valence-corrected chi connectivity index (χ2v) is 7.64. The number of hydrogen-bond acceptors (Lipinski definition) is 4. The Morgan fingerprint density at radius 3 is 2.68 bits per heavy atom. The normalized spacial score (nSPS) is 24.0. The van der Waals surface area contributed by atoms with Crippen molar-refractivity contribution in [3.63, 3.8) is 0 Å². The molecule has 6 nitrogen and oxygen atoms in total. The van der Waals surface area contributed by atoms with Crippen molar-refractivity contribution in [2.45, 2.75) is 37.3 Å². The number of carboxylic acid groups (broad SMARTS) is 1. The maximum atomic E-state index is 12.8. The Balaban J connectivity index is 2.40. The van der Waals surface area contributed by atoms with E-state index in [0.29, 0.717) is 13.0 Å². The van der Waals surface area contributed by atoms with Crippen LogP contribution in [0.5, 0.6) is 0 Å². The van der Waals surface area contributed by atoms with Gasteiger partial charge in [-0.05, 0) is 38.5 Å². The largest absolute Gasteiger partial charge is 0.478 e. The molecule has 1 aliphatic rings. The van der Waals surface area contributed by atoms with E-state index in [9.17, 15) is 13.2 Å². The first kappa shape index (κ1) is 17.2. The summed E-state index contributed by atoms with van der Waals surface area (Å²) in [6.07, 6.45) is 0.401. The standard InChI is InChI=1S/C14H18ClNO5S/c1-9-5-6-21-10(2)8-16(9)22(19,20)11-3-4-12(14(17)18)13(15)7-11/h3-4,7,9-10H,5-6,8H2,1-2H3,(H,17,18)/t9-,10-/m1/s1. The van der Waals surface area contributed by atoms with Crippen LogP contribution in [0.3, 0.4) is 0 Å². The topological polar surface area (TPSA) is 83.9 Å². The molecule has 0 amide bonds. The second-order valence-electron chi connectivity index (χ2n) is 5.34. The Kier molecular flexibility index (Phi) is 5.11. The smallest absolute Gasteiger partial charge is 0.337 e. The molecular formula is C14H18ClNO5S.